The van der Waals surface area contributed by atoms with Gasteiger partial charge in [-0.05, 0) is 42.7 Å². The highest BCUT2D eigenvalue weighted by molar-refractivity contribution is 7.23. The molecule has 158 valence electrons. The van der Waals surface area contributed by atoms with Gasteiger partial charge >= 0.3 is 0 Å². The summed E-state index contributed by atoms with van der Waals surface area (Å²) in [7, 11) is 0. The Balaban J connectivity index is 1.62. The number of nitrogens with zero attached hydrogens (tertiary/aromatic N) is 4. The number of aromatic nitrogens is 3. The number of carbonyl (C=O) groups is 1. The third-order valence-corrected chi connectivity index (χ3v) is 6.73. The van der Waals surface area contributed by atoms with Crippen molar-refractivity contribution in [1.29, 1.82) is 0 Å². The fraction of sp³-hybridized carbons (Fsp3) is 0.174. The molecule has 0 aliphatic heterocycles. The first kappa shape index (κ1) is 21.6. The number of benzene rings is 2. The SMILES string of the molecule is Cc1ccc(Cl)c2sc(N(CCCn3ccnc3)C(=O)/C=C/c3ccccc3Cl)nc12. The maximum absolute atomic E-state index is 13.2. The van der Waals surface area contributed by atoms with Gasteiger partial charge in [-0.2, -0.15) is 0 Å². The lowest BCUT2D eigenvalue weighted by Gasteiger charge is -2.18. The molecule has 31 heavy (non-hydrogen) atoms. The summed E-state index contributed by atoms with van der Waals surface area (Å²) in [6.07, 6.45) is 9.45. The fourth-order valence-corrected chi connectivity index (χ4v) is 4.74. The van der Waals surface area contributed by atoms with E-state index in [0.29, 0.717) is 21.7 Å². The van der Waals surface area contributed by atoms with Crippen LogP contribution in [-0.4, -0.2) is 27.0 Å². The van der Waals surface area contributed by atoms with Gasteiger partial charge in [0.2, 0.25) is 0 Å². The molecule has 0 bridgehead atoms. The Morgan fingerprint density at radius 3 is 2.77 bits per heavy atom. The molecule has 4 aromatic rings. The largest absolute Gasteiger partial charge is 0.337 e. The number of halogens is 2. The summed E-state index contributed by atoms with van der Waals surface area (Å²) >= 11 is 14.0. The predicted molar refractivity (Wildman–Crippen MR) is 129 cm³/mol. The smallest absolute Gasteiger partial charge is 0.252 e. The summed E-state index contributed by atoms with van der Waals surface area (Å²) in [6.45, 7) is 3.26. The third-order valence-electron chi connectivity index (χ3n) is 4.85. The monoisotopic (exact) mass is 470 g/mol. The fourth-order valence-electron chi connectivity index (χ4n) is 3.20. The van der Waals surface area contributed by atoms with E-state index >= 15 is 0 Å². The van der Waals surface area contributed by atoms with Crippen molar-refractivity contribution >= 4 is 61.9 Å². The van der Waals surface area contributed by atoms with Gasteiger partial charge in [-0.1, -0.05) is 58.8 Å². The van der Waals surface area contributed by atoms with E-state index in [4.69, 9.17) is 28.2 Å². The van der Waals surface area contributed by atoms with Crippen LogP contribution in [0, 0.1) is 6.92 Å². The van der Waals surface area contributed by atoms with Gasteiger partial charge in [-0.15, -0.1) is 0 Å². The van der Waals surface area contributed by atoms with E-state index in [1.807, 2.05) is 48.0 Å². The van der Waals surface area contributed by atoms with Gasteiger partial charge in [0.25, 0.3) is 5.91 Å². The molecule has 0 aliphatic carbocycles. The molecule has 0 aliphatic rings. The predicted octanol–water partition coefficient (Wildman–Crippen LogP) is 6.24. The molecule has 0 N–H and O–H groups in total. The van der Waals surface area contributed by atoms with E-state index < -0.39 is 0 Å². The van der Waals surface area contributed by atoms with Gasteiger partial charge in [-0.3, -0.25) is 9.69 Å². The topological polar surface area (TPSA) is 51.0 Å². The summed E-state index contributed by atoms with van der Waals surface area (Å²) in [6, 6.07) is 11.2. The van der Waals surface area contributed by atoms with E-state index in [1.165, 1.54) is 11.3 Å². The van der Waals surface area contributed by atoms with Crippen LogP contribution in [0.2, 0.25) is 10.0 Å². The van der Waals surface area contributed by atoms with Gasteiger partial charge < -0.3 is 4.57 Å². The third kappa shape index (κ3) is 4.98. The van der Waals surface area contributed by atoms with Crippen molar-refractivity contribution < 1.29 is 4.79 Å². The highest BCUT2D eigenvalue weighted by Gasteiger charge is 2.19. The zero-order valence-electron chi connectivity index (χ0n) is 16.8. The number of hydrogen-bond acceptors (Lipinski definition) is 4. The quantitative estimate of drug-likeness (QED) is 0.300. The van der Waals surface area contributed by atoms with Gasteiger partial charge in [-0.25, -0.2) is 9.97 Å². The summed E-state index contributed by atoms with van der Waals surface area (Å²) in [5, 5.41) is 1.87. The molecule has 0 spiro atoms. The van der Waals surface area contributed by atoms with Crippen molar-refractivity contribution in [2.75, 3.05) is 11.4 Å². The molecule has 2 aromatic heterocycles. The van der Waals surface area contributed by atoms with Gasteiger partial charge in [0.05, 0.1) is 21.6 Å². The van der Waals surface area contributed by atoms with Gasteiger partial charge in [0, 0.05) is 36.6 Å². The minimum absolute atomic E-state index is 0.154. The minimum atomic E-state index is -0.154. The number of hydrogen-bond donors (Lipinski definition) is 0. The Morgan fingerprint density at radius 1 is 1.19 bits per heavy atom. The first-order chi connectivity index (χ1) is 15.0. The lowest BCUT2D eigenvalue weighted by molar-refractivity contribution is -0.114. The second kappa shape index (κ2) is 9.64. The lowest BCUT2D eigenvalue weighted by Crippen LogP contribution is -2.30. The van der Waals surface area contributed by atoms with Crippen LogP contribution in [0.25, 0.3) is 16.3 Å². The van der Waals surface area contributed by atoms with E-state index in [1.54, 1.807) is 35.6 Å². The van der Waals surface area contributed by atoms with Crippen LogP contribution in [0.1, 0.15) is 17.5 Å². The molecule has 8 heteroatoms. The lowest BCUT2D eigenvalue weighted by atomic mass is 10.2. The van der Waals surface area contributed by atoms with Crippen molar-refractivity contribution in [3.63, 3.8) is 0 Å². The molecule has 0 radical (unpaired) electrons. The molecule has 5 nitrogen and oxygen atoms in total. The summed E-state index contributed by atoms with van der Waals surface area (Å²) in [5.74, 6) is -0.154. The van der Waals surface area contributed by atoms with Crippen LogP contribution in [0.3, 0.4) is 0 Å². The number of rotatable bonds is 7. The molecule has 0 saturated heterocycles. The molecular formula is C23H20Cl2N4OS. The number of amides is 1. The first-order valence-corrected chi connectivity index (χ1v) is 11.4. The minimum Gasteiger partial charge on any atom is -0.337 e. The van der Waals surface area contributed by atoms with Crippen LogP contribution in [0.5, 0.6) is 0 Å². The maximum Gasteiger partial charge on any atom is 0.252 e. The van der Waals surface area contributed by atoms with Crippen LogP contribution >= 0.6 is 34.5 Å². The number of fused-ring (bicyclic) bond motifs is 1. The van der Waals surface area contributed by atoms with Crippen molar-refractivity contribution in [2.24, 2.45) is 0 Å². The Kier molecular flexibility index (Phi) is 6.70. The van der Waals surface area contributed by atoms with E-state index in [-0.39, 0.29) is 5.91 Å². The first-order valence-electron chi connectivity index (χ1n) is 9.78. The summed E-state index contributed by atoms with van der Waals surface area (Å²) in [5.41, 5.74) is 2.65. The Morgan fingerprint density at radius 2 is 2.03 bits per heavy atom. The van der Waals surface area contributed by atoms with Gasteiger partial charge in [0.1, 0.15) is 0 Å². The van der Waals surface area contributed by atoms with Crippen molar-refractivity contribution in [2.45, 2.75) is 19.9 Å². The van der Waals surface area contributed by atoms with Crippen LogP contribution in [-0.2, 0) is 11.3 Å². The zero-order valence-corrected chi connectivity index (χ0v) is 19.2. The molecule has 2 aromatic carbocycles. The molecule has 2 heterocycles. The van der Waals surface area contributed by atoms with Gasteiger partial charge in [0.15, 0.2) is 5.13 Å². The number of imidazole rings is 1. The zero-order chi connectivity index (χ0) is 21.8. The average molecular weight is 471 g/mol. The Hall–Kier alpha value is -2.67. The highest BCUT2D eigenvalue weighted by atomic mass is 35.5. The van der Waals surface area contributed by atoms with E-state index in [9.17, 15) is 4.79 Å². The molecule has 0 saturated carbocycles. The molecule has 0 fully saturated rings. The summed E-state index contributed by atoms with van der Waals surface area (Å²) in [4.78, 5) is 23.7. The number of carbonyl (C=O) groups excluding carboxylic acids is 1. The molecular weight excluding hydrogens is 451 g/mol. The molecule has 0 atom stereocenters. The molecule has 1 amide bonds. The number of aryl methyl sites for hydroxylation is 2. The molecule has 0 unspecified atom stereocenters. The van der Waals surface area contributed by atoms with E-state index in [2.05, 4.69) is 4.98 Å². The van der Waals surface area contributed by atoms with Crippen LogP contribution < -0.4 is 4.90 Å². The Bertz CT molecular complexity index is 1190. The second-order valence-electron chi connectivity index (χ2n) is 7.04. The van der Waals surface area contributed by atoms with Crippen molar-refractivity contribution in [3.05, 3.63) is 82.4 Å². The van der Waals surface area contributed by atoms with E-state index in [0.717, 1.165) is 34.3 Å². The normalized spacial score (nSPS) is 11.5. The Labute approximate surface area is 194 Å². The molecule has 4 rings (SSSR count). The second-order valence-corrected chi connectivity index (χ2v) is 8.83. The highest BCUT2D eigenvalue weighted by Crippen LogP contribution is 2.36. The number of anilines is 1. The standard InChI is InChI=1S/C23H20Cl2N4OS/c1-16-7-9-19(25)22-21(16)27-23(31-22)29(13-4-12-28-14-11-26-15-28)20(30)10-8-17-5-2-3-6-18(17)24/h2-3,5-11,14-15H,4,12-13H2,1H3/b10-8+. The van der Waals surface area contributed by atoms with Crippen LogP contribution in [0.15, 0.2) is 61.2 Å². The number of thiazole rings is 1. The van der Waals surface area contributed by atoms with Crippen molar-refractivity contribution in [1.82, 2.24) is 14.5 Å². The van der Waals surface area contributed by atoms with Crippen molar-refractivity contribution in [3.8, 4) is 0 Å². The van der Waals surface area contributed by atoms with Crippen LogP contribution in [0.4, 0.5) is 5.13 Å². The average Bonchev–Trinajstić information content (AvgIpc) is 3.44. The maximum atomic E-state index is 13.2. The summed E-state index contributed by atoms with van der Waals surface area (Å²) < 4.78 is 2.88.